The van der Waals surface area contributed by atoms with E-state index in [1.807, 2.05) is 48.8 Å². The van der Waals surface area contributed by atoms with E-state index < -0.39 is 18.0 Å². The Morgan fingerprint density at radius 3 is 2.65 bits per heavy atom. The van der Waals surface area contributed by atoms with Crippen LogP contribution >= 0.6 is 22.9 Å². The number of fused-ring (bicyclic) bond motifs is 1. The van der Waals surface area contributed by atoms with Crippen LogP contribution in [-0.4, -0.2) is 33.7 Å². The molecule has 2 heterocycles. The maximum atomic E-state index is 12.6. The second kappa shape index (κ2) is 9.70. The van der Waals surface area contributed by atoms with E-state index in [0.717, 1.165) is 5.56 Å². The Hall–Kier alpha value is -3.62. The Labute approximate surface area is 204 Å². The third-order valence-corrected chi connectivity index (χ3v) is 6.59. The van der Waals surface area contributed by atoms with Crippen molar-refractivity contribution in [3.63, 3.8) is 0 Å². The summed E-state index contributed by atoms with van der Waals surface area (Å²) in [5.41, 5.74) is 2.15. The fraction of sp³-hybridized carbons (Fsp3) is 0.160. The molecule has 0 amide bonds. The molecule has 0 aliphatic rings. The zero-order chi connectivity index (χ0) is 24.4. The lowest BCUT2D eigenvalue weighted by atomic mass is 10.1. The first-order valence-corrected chi connectivity index (χ1v) is 11.6. The van der Waals surface area contributed by atoms with Gasteiger partial charge in [-0.25, -0.2) is 14.6 Å². The number of benzene rings is 2. The monoisotopic (exact) mass is 496 g/mol. The second-order valence-electron chi connectivity index (χ2n) is 7.37. The fourth-order valence-electron chi connectivity index (χ4n) is 3.58. The summed E-state index contributed by atoms with van der Waals surface area (Å²) < 4.78 is 13.0. The molecule has 2 aromatic heterocycles. The van der Waals surface area contributed by atoms with Crippen LogP contribution in [0.2, 0.25) is 5.02 Å². The molecule has 4 rings (SSSR count). The number of thiophene rings is 1. The van der Waals surface area contributed by atoms with E-state index in [9.17, 15) is 14.7 Å². The van der Waals surface area contributed by atoms with Gasteiger partial charge in [0.15, 0.2) is 4.88 Å². The molecule has 1 N–H and O–H groups in total. The van der Waals surface area contributed by atoms with E-state index in [1.54, 1.807) is 18.2 Å². The van der Waals surface area contributed by atoms with Gasteiger partial charge in [-0.15, -0.1) is 11.3 Å². The van der Waals surface area contributed by atoms with Crippen molar-refractivity contribution in [3.05, 3.63) is 81.5 Å². The molecule has 4 aromatic rings. The first-order chi connectivity index (χ1) is 16.3. The van der Waals surface area contributed by atoms with E-state index in [4.69, 9.17) is 21.1 Å². The summed E-state index contributed by atoms with van der Waals surface area (Å²) >= 11 is 7.52. The van der Waals surface area contributed by atoms with Gasteiger partial charge in [0.1, 0.15) is 22.7 Å². The summed E-state index contributed by atoms with van der Waals surface area (Å²) in [6, 6.07) is 13.8. The highest BCUT2D eigenvalue weighted by Gasteiger charge is 2.24. The van der Waals surface area contributed by atoms with E-state index in [-0.39, 0.29) is 5.56 Å². The van der Waals surface area contributed by atoms with Crippen LogP contribution < -0.4 is 4.74 Å². The zero-order valence-corrected chi connectivity index (χ0v) is 20.2. The predicted octanol–water partition coefficient (Wildman–Crippen LogP) is 6.40. The lowest BCUT2D eigenvalue weighted by Crippen LogP contribution is -2.07. The van der Waals surface area contributed by atoms with Crippen LogP contribution in [0.1, 0.15) is 51.4 Å². The van der Waals surface area contributed by atoms with Crippen molar-refractivity contribution in [1.29, 1.82) is 0 Å². The van der Waals surface area contributed by atoms with Gasteiger partial charge in [0, 0.05) is 16.7 Å². The molecule has 0 bridgehead atoms. The molecule has 174 valence electrons. The number of nitrogens with zero attached hydrogens (tertiary/aromatic N) is 2. The van der Waals surface area contributed by atoms with Crippen LogP contribution in [0.15, 0.2) is 54.6 Å². The topological polar surface area (TPSA) is 90.6 Å². The number of hydrogen-bond donors (Lipinski definition) is 1. The van der Waals surface area contributed by atoms with Crippen LogP contribution in [0.25, 0.3) is 22.1 Å². The number of carboxylic acid groups (broad SMARTS) is 1. The number of esters is 1. The quantitative estimate of drug-likeness (QED) is 0.298. The maximum absolute atomic E-state index is 12.6. The number of allylic oxidation sites excluding steroid dienone is 1. The number of carboxylic acids is 1. The zero-order valence-electron chi connectivity index (χ0n) is 18.6. The van der Waals surface area contributed by atoms with E-state index in [1.165, 1.54) is 30.6 Å². The smallest absolute Gasteiger partial charge is 0.351 e. The second-order valence-corrected chi connectivity index (χ2v) is 8.80. The maximum Gasteiger partial charge on any atom is 0.351 e. The van der Waals surface area contributed by atoms with E-state index in [2.05, 4.69) is 4.98 Å². The summed E-state index contributed by atoms with van der Waals surface area (Å²) in [5, 5.41) is 10.6. The molecule has 0 fully saturated rings. The number of aromatic carboxylic acids is 1. The number of aromatic nitrogens is 2. The van der Waals surface area contributed by atoms with Crippen LogP contribution in [-0.2, 0) is 4.74 Å². The van der Waals surface area contributed by atoms with Crippen molar-refractivity contribution >= 4 is 52.0 Å². The molecule has 0 saturated carbocycles. The Balaban J connectivity index is 1.84. The molecule has 1 atom stereocenters. The highest BCUT2D eigenvalue weighted by atomic mass is 35.5. The van der Waals surface area contributed by atoms with Crippen molar-refractivity contribution in [3.8, 4) is 10.8 Å². The largest absolute Gasteiger partial charge is 0.484 e. The van der Waals surface area contributed by atoms with Crippen LogP contribution in [0, 0.1) is 0 Å². The average Bonchev–Trinajstić information content (AvgIpc) is 3.39. The molecular formula is C25H21ClN2O5S. The Morgan fingerprint density at radius 1 is 1.21 bits per heavy atom. The van der Waals surface area contributed by atoms with Gasteiger partial charge in [-0.1, -0.05) is 35.9 Å². The molecule has 7 nitrogen and oxygen atoms in total. The summed E-state index contributed by atoms with van der Waals surface area (Å²) in [4.78, 5) is 28.9. The summed E-state index contributed by atoms with van der Waals surface area (Å²) in [5.74, 6) is -0.613. The Morgan fingerprint density at radius 2 is 1.97 bits per heavy atom. The SMILES string of the molecule is CC=Cc1nc2cc(C(=O)O)ccc2n1-c1cc(O[C@H](C)c2ccccc2Cl)c(C(=O)OC)s1. The average molecular weight is 497 g/mol. The minimum atomic E-state index is -1.03. The summed E-state index contributed by atoms with van der Waals surface area (Å²) in [6.07, 6.45) is 3.22. The highest BCUT2D eigenvalue weighted by molar-refractivity contribution is 7.16. The van der Waals surface area contributed by atoms with Crippen LogP contribution in [0.3, 0.4) is 0 Å². The van der Waals surface area contributed by atoms with Crippen molar-refractivity contribution in [2.24, 2.45) is 0 Å². The number of rotatable bonds is 7. The fourth-order valence-corrected chi connectivity index (χ4v) is 4.90. The van der Waals surface area contributed by atoms with E-state index >= 15 is 0 Å². The van der Waals surface area contributed by atoms with Gasteiger partial charge in [0.2, 0.25) is 0 Å². The van der Waals surface area contributed by atoms with Gasteiger partial charge in [-0.05, 0) is 44.2 Å². The van der Waals surface area contributed by atoms with Gasteiger partial charge in [0.25, 0.3) is 0 Å². The molecule has 34 heavy (non-hydrogen) atoms. The Bertz CT molecular complexity index is 1420. The standard InChI is InChI=1S/C25H21ClN2O5S/c1-4-7-21-27-18-12-15(24(29)30)10-11-19(18)28(21)22-13-20(23(34-22)25(31)32-3)33-14(2)16-8-5-6-9-17(16)26/h4-14H,1-3H3,(H,29,30)/t14-/m1/s1. The number of halogens is 1. The molecular weight excluding hydrogens is 476 g/mol. The first-order valence-electron chi connectivity index (χ1n) is 10.4. The molecule has 0 aliphatic heterocycles. The number of carbonyl (C=O) groups is 2. The van der Waals surface area contributed by atoms with Gasteiger partial charge in [-0.3, -0.25) is 4.57 Å². The number of ether oxygens (including phenoxy) is 2. The number of carbonyl (C=O) groups excluding carboxylic acids is 1. The highest BCUT2D eigenvalue weighted by Crippen LogP contribution is 2.38. The van der Waals surface area contributed by atoms with Gasteiger partial charge >= 0.3 is 11.9 Å². The Kier molecular flexibility index (Phi) is 6.72. The van der Waals surface area contributed by atoms with Crippen LogP contribution in [0.4, 0.5) is 0 Å². The van der Waals surface area contributed by atoms with Crippen molar-refractivity contribution in [2.75, 3.05) is 7.11 Å². The van der Waals surface area contributed by atoms with E-state index in [0.29, 0.717) is 37.5 Å². The van der Waals surface area contributed by atoms with Gasteiger partial charge < -0.3 is 14.6 Å². The summed E-state index contributed by atoms with van der Waals surface area (Å²) in [7, 11) is 1.31. The van der Waals surface area contributed by atoms with Crippen molar-refractivity contribution in [1.82, 2.24) is 9.55 Å². The number of hydrogen-bond acceptors (Lipinski definition) is 6. The third-order valence-electron chi connectivity index (χ3n) is 5.17. The minimum absolute atomic E-state index is 0.142. The minimum Gasteiger partial charge on any atom is -0.484 e. The lowest BCUT2D eigenvalue weighted by Gasteiger charge is -2.16. The normalized spacial score (nSPS) is 12.2. The first kappa shape index (κ1) is 23.5. The molecule has 2 aromatic carbocycles. The molecule has 0 aliphatic carbocycles. The predicted molar refractivity (Wildman–Crippen MR) is 132 cm³/mol. The molecule has 0 spiro atoms. The molecule has 9 heteroatoms. The summed E-state index contributed by atoms with van der Waals surface area (Å²) in [6.45, 7) is 3.71. The molecule has 0 unspecified atom stereocenters. The van der Waals surface area contributed by atoms with Gasteiger partial charge in [-0.2, -0.15) is 0 Å². The number of imidazole rings is 1. The third kappa shape index (κ3) is 4.42. The lowest BCUT2D eigenvalue weighted by molar-refractivity contribution is 0.0599. The van der Waals surface area contributed by atoms with Crippen LogP contribution in [0.5, 0.6) is 5.75 Å². The molecule has 0 saturated heterocycles. The van der Waals surface area contributed by atoms with Crippen molar-refractivity contribution in [2.45, 2.75) is 20.0 Å². The van der Waals surface area contributed by atoms with Gasteiger partial charge in [0.05, 0.1) is 23.7 Å². The number of methoxy groups -OCH3 is 1. The molecule has 0 radical (unpaired) electrons. The van der Waals surface area contributed by atoms with Crippen molar-refractivity contribution < 1.29 is 24.2 Å².